The van der Waals surface area contributed by atoms with E-state index in [1.54, 1.807) is 6.07 Å². The standard InChI is InChI=1S/C11H13FO3/c1-14-7-5-8(12)10(9(6-7)15-2)11(13)3-4-11/h5-6,13H,3-4H2,1-2H3. The predicted octanol–water partition coefficient (Wildman–Crippen LogP) is 1.82. The third-order valence-electron chi connectivity index (χ3n) is 2.67. The smallest absolute Gasteiger partial charge is 0.136 e. The van der Waals surface area contributed by atoms with E-state index < -0.39 is 11.4 Å². The molecule has 0 unspecified atom stereocenters. The number of benzene rings is 1. The van der Waals surface area contributed by atoms with Gasteiger partial charge in [0, 0.05) is 12.1 Å². The highest BCUT2D eigenvalue weighted by molar-refractivity contribution is 5.47. The van der Waals surface area contributed by atoms with Gasteiger partial charge in [-0.1, -0.05) is 0 Å². The van der Waals surface area contributed by atoms with Crippen molar-refractivity contribution in [3.05, 3.63) is 23.5 Å². The molecule has 0 radical (unpaired) electrons. The van der Waals surface area contributed by atoms with Gasteiger partial charge in [0.2, 0.25) is 0 Å². The van der Waals surface area contributed by atoms with E-state index in [1.165, 1.54) is 20.3 Å². The average molecular weight is 212 g/mol. The van der Waals surface area contributed by atoms with Gasteiger partial charge in [0.25, 0.3) is 0 Å². The highest BCUT2D eigenvalue weighted by Gasteiger charge is 2.46. The molecule has 1 fully saturated rings. The molecular formula is C11H13FO3. The number of hydrogen-bond acceptors (Lipinski definition) is 3. The fourth-order valence-corrected chi connectivity index (χ4v) is 1.66. The number of ether oxygens (including phenoxy) is 2. The Morgan fingerprint density at radius 2 is 1.93 bits per heavy atom. The molecule has 0 spiro atoms. The molecule has 2 rings (SSSR count). The van der Waals surface area contributed by atoms with Crippen molar-refractivity contribution in [2.24, 2.45) is 0 Å². The summed E-state index contributed by atoms with van der Waals surface area (Å²) < 4.78 is 23.7. The summed E-state index contributed by atoms with van der Waals surface area (Å²) in [7, 11) is 2.91. The first-order valence-corrected chi connectivity index (χ1v) is 4.75. The SMILES string of the molecule is COc1cc(F)c(C2(O)CC2)c(OC)c1. The van der Waals surface area contributed by atoms with Crippen LogP contribution in [0, 0.1) is 5.82 Å². The molecule has 3 nitrogen and oxygen atoms in total. The predicted molar refractivity (Wildman–Crippen MR) is 52.6 cm³/mol. The summed E-state index contributed by atoms with van der Waals surface area (Å²) in [6.45, 7) is 0. The van der Waals surface area contributed by atoms with E-state index in [1.807, 2.05) is 0 Å². The zero-order valence-electron chi connectivity index (χ0n) is 8.71. The Kier molecular flexibility index (Phi) is 2.31. The summed E-state index contributed by atoms with van der Waals surface area (Å²) in [5.41, 5.74) is -0.799. The number of aliphatic hydroxyl groups is 1. The lowest BCUT2D eigenvalue weighted by molar-refractivity contribution is 0.142. The largest absolute Gasteiger partial charge is 0.497 e. The van der Waals surface area contributed by atoms with Gasteiger partial charge in [-0.25, -0.2) is 4.39 Å². The quantitative estimate of drug-likeness (QED) is 0.830. The van der Waals surface area contributed by atoms with Gasteiger partial charge in [0.15, 0.2) is 0 Å². The van der Waals surface area contributed by atoms with Gasteiger partial charge >= 0.3 is 0 Å². The van der Waals surface area contributed by atoms with E-state index in [9.17, 15) is 9.50 Å². The van der Waals surface area contributed by atoms with E-state index in [0.717, 1.165) is 0 Å². The van der Waals surface area contributed by atoms with Crippen LogP contribution in [0.2, 0.25) is 0 Å². The van der Waals surface area contributed by atoms with Crippen molar-refractivity contribution < 1.29 is 19.0 Å². The molecule has 4 heteroatoms. The third-order valence-corrected chi connectivity index (χ3v) is 2.67. The molecule has 0 aliphatic heterocycles. The Bertz CT molecular complexity index is 386. The van der Waals surface area contributed by atoms with Crippen LogP contribution in [0.3, 0.4) is 0 Å². The molecule has 0 bridgehead atoms. The van der Waals surface area contributed by atoms with Gasteiger partial charge < -0.3 is 14.6 Å². The van der Waals surface area contributed by atoms with Crippen LogP contribution in [0.4, 0.5) is 4.39 Å². The van der Waals surface area contributed by atoms with Crippen molar-refractivity contribution in [1.82, 2.24) is 0 Å². The van der Waals surface area contributed by atoms with Crippen molar-refractivity contribution in [3.63, 3.8) is 0 Å². The second-order valence-electron chi connectivity index (χ2n) is 3.72. The molecule has 1 saturated carbocycles. The average Bonchev–Trinajstić information content (AvgIpc) is 2.95. The van der Waals surface area contributed by atoms with Crippen LogP contribution in [-0.4, -0.2) is 19.3 Å². The van der Waals surface area contributed by atoms with Gasteiger partial charge in [-0.2, -0.15) is 0 Å². The zero-order valence-corrected chi connectivity index (χ0v) is 8.71. The second kappa shape index (κ2) is 3.38. The van der Waals surface area contributed by atoms with Crippen LogP contribution < -0.4 is 9.47 Å². The van der Waals surface area contributed by atoms with Crippen LogP contribution in [0.15, 0.2) is 12.1 Å². The van der Waals surface area contributed by atoms with Gasteiger partial charge in [0.1, 0.15) is 17.3 Å². The van der Waals surface area contributed by atoms with Crippen molar-refractivity contribution in [3.8, 4) is 11.5 Å². The maximum atomic E-state index is 13.7. The van der Waals surface area contributed by atoms with E-state index in [0.29, 0.717) is 24.3 Å². The minimum atomic E-state index is -1.04. The Morgan fingerprint density at radius 1 is 1.27 bits per heavy atom. The van der Waals surface area contributed by atoms with Gasteiger partial charge in [-0.3, -0.25) is 0 Å². The fraction of sp³-hybridized carbons (Fsp3) is 0.455. The van der Waals surface area contributed by atoms with E-state index in [-0.39, 0.29) is 5.56 Å². The molecule has 1 N–H and O–H groups in total. The number of methoxy groups -OCH3 is 2. The molecule has 1 aliphatic carbocycles. The summed E-state index contributed by atoms with van der Waals surface area (Å²) in [6.07, 6.45) is 1.15. The van der Waals surface area contributed by atoms with Crippen LogP contribution in [0.25, 0.3) is 0 Å². The maximum Gasteiger partial charge on any atom is 0.136 e. The molecule has 0 aromatic heterocycles. The molecule has 1 aromatic carbocycles. The molecule has 0 saturated heterocycles. The summed E-state index contributed by atoms with van der Waals surface area (Å²) in [5, 5.41) is 9.90. The van der Waals surface area contributed by atoms with Crippen molar-refractivity contribution in [2.75, 3.05) is 14.2 Å². The Balaban J connectivity index is 2.52. The first-order valence-electron chi connectivity index (χ1n) is 4.75. The zero-order chi connectivity index (χ0) is 11.1. The first-order chi connectivity index (χ1) is 7.10. The van der Waals surface area contributed by atoms with E-state index >= 15 is 0 Å². The molecule has 1 aliphatic rings. The number of halogens is 1. The first kappa shape index (κ1) is 10.2. The Labute approximate surface area is 87.4 Å². The van der Waals surface area contributed by atoms with Crippen molar-refractivity contribution >= 4 is 0 Å². The number of hydrogen-bond donors (Lipinski definition) is 1. The Hall–Kier alpha value is -1.29. The number of rotatable bonds is 3. The molecule has 0 atom stereocenters. The summed E-state index contributed by atoms with van der Waals surface area (Å²) in [4.78, 5) is 0. The fourth-order valence-electron chi connectivity index (χ4n) is 1.66. The summed E-state index contributed by atoms with van der Waals surface area (Å²) in [6, 6.07) is 2.84. The maximum absolute atomic E-state index is 13.7. The molecular weight excluding hydrogens is 199 g/mol. The van der Waals surface area contributed by atoms with Crippen LogP contribution in [0.1, 0.15) is 18.4 Å². The molecule has 1 aromatic rings. The molecule has 0 heterocycles. The van der Waals surface area contributed by atoms with Crippen molar-refractivity contribution in [1.29, 1.82) is 0 Å². The van der Waals surface area contributed by atoms with Gasteiger partial charge in [-0.15, -0.1) is 0 Å². The van der Waals surface area contributed by atoms with Crippen LogP contribution in [-0.2, 0) is 5.60 Å². The molecule has 15 heavy (non-hydrogen) atoms. The minimum absolute atomic E-state index is 0.241. The molecule has 82 valence electrons. The highest BCUT2D eigenvalue weighted by Crippen LogP contribution is 2.50. The minimum Gasteiger partial charge on any atom is -0.497 e. The second-order valence-corrected chi connectivity index (χ2v) is 3.72. The van der Waals surface area contributed by atoms with Crippen LogP contribution >= 0.6 is 0 Å². The topological polar surface area (TPSA) is 38.7 Å². The van der Waals surface area contributed by atoms with Gasteiger partial charge in [-0.05, 0) is 12.8 Å². The monoisotopic (exact) mass is 212 g/mol. The third kappa shape index (κ3) is 1.65. The molecule has 0 amide bonds. The lowest BCUT2D eigenvalue weighted by Crippen LogP contribution is -2.10. The lowest BCUT2D eigenvalue weighted by Gasteiger charge is -2.15. The van der Waals surface area contributed by atoms with E-state index in [4.69, 9.17) is 9.47 Å². The summed E-state index contributed by atoms with van der Waals surface area (Å²) >= 11 is 0. The normalized spacial score (nSPS) is 17.3. The Morgan fingerprint density at radius 3 is 2.40 bits per heavy atom. The van der Waals surface area contributed by atoms with E-state index in [2.05, 4.69) is 0 Å². The van der Waals surface area contributed by atoms with Crippen LogP contribution in [0.5, 0.6) is 11.5 Å². The highest BCUT2D eigenvalue weighted by atomic mass is 19.1. The lowest BCUT2D eigenvalue weighted by atomic mass is 10.1. The summed E-state index contributed by atoms with van der Waals surface area (Å²) in [5.74, 6) is 0.246. The van der Waals surface area contributed by atoms with Crippen molar-refractivity contribution in [2.45, 2.75) is 18.4 Å². The van der Waals surface area contributed by atoms with Gasteiger partial charge in [0.05, 0.1) is 25.4 Å².